The second-order valence-corrected chi connectivity index (χ2v) is 17.4. The molecule has 3 aromatic rings. The maximum atomic E-state index is 10.8. The highest BCUT2D eigenvalue weighted by Crippen LogP contribution is 2.39. The van der Waals surface area contributed by atoms with E-state index in [0.29, 0.717) is 19.6 Å². The molecule has 7 heteroatoms. The average Bonchev–Trinajstić information content (AvgIpc) is 3.05. The van der Waals surface area contributed by atoms with Gasteiger partial charge in [-0.15, -0.1) is 0 Å². The Morgan fingerprint density at radius 1 is 0.956 bits per heavy atom. The molecule has 5 atom stereocenters. The van der Waals surface area contributed by atoms with Crippen molar-refractivity contribution < 1.29 is 28.5 Å². The predicted octanol–water partition coefficient (Wildman–Crippen LogP) is 5.95. The molecule has 1 unspecified atom stereocenters. The minimum Gasteiger partial charge on any atom is -0.497 e. The molecule has 0 aromatic heterocycles. The van der Waals surface area contributed by atoms with E-state index in [1.54, 1.807) is 14.2 Å². The van der Waals surface area contributed by atoms with E-state index in [2.05, 4.69) is 100 Å². The number of hydrogen-bond donors (Lipinski definition) is 1. The van der Waals surface area contributed by atoms with Gasteiger partial charge in [-0.05, 0) is 58.3 Å². The van der Waals surface area contributed by atoms with Crippen molar-refractivity contribution >= 4 is 18.7 Å². The molecule has 45 heavy (non-hydrogen) atoms. The zero-order valence-corrected chi connectivity index (χ0v) is 28.9. The van der Waals surface area contributed by atoms with Crippen LogP contribution in [0.25, 0.3) is 0 Å². The van der Waals surface area contributed by atoms with E-state index in [-0.39, 0.29) is 29.6 Å². The van der Waals surface area contributed by atoms with Crippen LogP contribution >= 0.6 is 0 Å². The summed E-state index contributed by atoms with van der Waals surface area (Å²) in [5.41, 5.74) is 1.01. The van der Waals surface area contributed by atoms with Crippen LogP contribution in [0, 0.1) is 23.7 Å². The number of methoxy groups -OCH3 is 2. The van der Waals surface area contributed by atoms with Crippen molar-refractivity contribution in [2.24, 2.45) is 11.8 Å². The average molecular weight is 631 g/mol. The second-order valence-electron chi connectivity index (χ2n) is 13.1. The van der Waals surface area contributed by atoms with E-state index in [1.165, 1.54) is 10.4 Å². The van der Waals surface area contributed by atoms with Crippen molar-refractivity contribution in [3.8, 4) is 17.6 Å². The number of hydrogen-bond acceptors (Lipinski definition) is 6. The molecule has 1 N–H and O–H groups in total. The number of aliphatic hydroxyl groups is 1. The standard InChI is InChI=1S/C38H50O6Si/c1-29(35(39)27-42-26-31-18-20-32(40-6)21-19-31)22-24-38(41-7)25-23-30(2)36(44-38)28-43-45(37(3,4)5,33-14-10-8-11-15-33)34-16-12-9-13-17-34/h8-21,29-30,35-36,39H,23,25-28H2,1-7H3/t29-,30-,35-,36-,38?/m0/s1. The molecule has 4 rings (SSSR count). The minimum absolute atomic E-state index is 0.132. The van der Waals surface area contributed by atoms with Crippen molar-refractivity contribution in [3.05, 3.63) is 90.5 Å². The van der Waals surface area contributed by atoms with Gasteiger partial charge in [0.2, 0.25) is 5.79 Å². The van der Waals surface area contributed by atoms with Gasteiger partial charge in [0.1, 0.15) is 5.75 Å². The Balaban J connectivity index is 1.46. The lowest BCUT2D eigenvalue weighted by Crippen LogP contribution is -2.67. The van der Waals surface area contributed by atoms with Crippen molar-refractivity contribution in [1.29, 1.82) is 0 Å². The van der Waals surface area contributed by atoms with Gasteiger partial charge in [-0.2, -0.15) is 0 Å². The van der Waals surface area contributed by atoms with Crippen molar-refractivity contribution in [3.63, 3.8) is 0 Å². The monoisotopic (exact) mass is 630 g/mol. The van der Waals surface area contributed by atoms with Crippen LogP contribution in [0.2, 0.25) is 5.04 Å². The largest absolute Gasteiger partial charge is 0.497 e. The summed E-state index contributed by atoms with van der Waals surface area (Å²) in [6, 6.07) is 29.0. The third kappa shape index (κ3) is 8.45. The molecule has 1 aliphatic heterocycles. The van der Waals surface area contributed by atoms with E-state index in [1.807, 2.05) is 31.2 Å². The van der Waals surface area contributed by atoms with Crippen molar-refractivity contribution in [2.75, 3.05) is 27.4 Å². The Kier molecular flexibility index (Phi) is 12.1. The molecule has 0 radical (unpaired) electrons. The van der Waals surface area contributed by atoms with Gasteiger partial charge in [-0.1, -0.05) is 106 Å². The first-order chi connectivity index (χ1) is 21.5. The van der Waals surface area contributed by atoms with Gasteiger partial charge in [0.15, 0.2) is 0 Å². The fourth-order valence-corrected chi connectivity index (χ4v) is 10.5. The van der Waals surface area contributed by atoms with E-state index in [4.69, 9.17) is 23.4 Å². The van der Waals surface area contributed by atoms with E-state index >= 15 is 0 Å². The normalized spacial score (nSPS) is 21.8. The molecular formula is C38H50O6Si. The molecule has 0 aliphatic carbocycles. The number of rotatable bonds is 12. The maximum absolute atomic E-state index is 10.8. The van der Waals surface area contributed by atoms with Crippen LogP contribution in [0.15, 0.2) is 84.9 Å². The Bertz CT molecular complexity index is 1340. The molecule has 242 valence electrons. The van der Waals surface area contributed by atoms with Crippen LogP contribution in [0.4, 0.5) is 0 Å². The van der Waals surface area contributed by atoms with Gasteiger partial charge in [0.05, 0.1) is 39.1 Å². The number of ether oxygens (including phenoxy) is 4. The molecule has 1 fully saturated rings. The molecular weight excluding hydrogens is 580 g/mol. The smallest absolute Gasteiger partial charge is 0.261 e. The quantitative estimate of drug-likeness (QED) is 0.197. The highest BCUT2D eigenvalue weighted by molar-refractivity contribution is 6.99. The first-order valence-corrected chi connectivity index (χ1v) is 17.8. The van der Waals surface area contributed by atoms with Crippen molar-refractivity contribution in [1.82, 2.24) is 0 Å². The van der Waals surface area contributed by atoms with Gasteiger partial charge in [0.25, 0.3) is 8.32 Å². The van der Waals surface area contributed by atoms with Crippen LogP contribution in [0.3, 0.4) is 0 Å². The van der Waals surface area contributed by atoms with Crippen molar-refractivity contribution in [2.45, 2.75) is 77.1 Å². The Hall–Kier alpha value is -2.96. The molecule has 3 aromatic carbocycles. The third-order valence-electron chi connectivity index (χ3n) is 8.90. The van der Waals surface area contributed by atoms with Crippen LogP contribution in [-0.2, 0) is 25.2 Å². The molecule has 1 aliphatic rings. The molecule has 0 spiro atoms. The molecule has 6 nitrogen and oxygen atoms in total. The molecule has 0 amide bonds. The summed E-state index contributed by atoms with van der Waals surface area (Å²) in [6.45, 7) is 11.9. The van der Waals surface area contributed by atoms with Crippen LogP contribution < -0.4 is 15.1 Å². The summed E-state index contributed by atoms with van der Waals surface area (Å²) in [5.74, 6) is 6.14. The lowest BCUT2D eigenvalue weighted by molar-refractivity contribution is -0.249. The van der Waals surface area contributed by atoms with Gasteiger partial charge >= 0.3 is 0 Å². The lowest BCUT2D eigenvalue weighted by Gasteiger charge is -2.46. The summed E-state index contributed by atoms with van der Waals surface area (Å²) in [6.07, 6.45) is 0.577. The maximum Gasteiger partial charge on any atom is 0.261 e. The fraction of sp³-hybridized carbons (Fsp3) is 0.474. The zero-order chi connectivity index (χ0) is 32.5. The molecule has 1 saturated heterocycles. The number of benzene rings is 3. The van der Waals surface area contributed by atoms with Gasteiger partial charge in [0, 0.05) is 19.4 Å². The first-order valence-electron chi connectivity index (χ1n) is 15.9. The summed E-state index contributed by atoms with van der Waals surface area (Å²) in [7, 11) is 0.560. The third-order valence-corrected chi connectivity index (χ3v) is 13.9. The summed E-state index contributed by atoms with van der Waals surface area (Å²) < 4.78 is 30.8. The summed E-state index contributed by atoms with van der Waals surface area (Å²) in [4.78, 5) is 0. The Labute approximate surface area is 271 Å². The van der Waals surface area contributed by atoms with E-state index in [0.717, 1.165) is 17.7 Å². The molecule has 0 bridgehead atoms. The predicted molar refractivity (Wildman–Crippen MR) is 182 cm³/mol. The van der Waals surface area contributed by atoms with Crippen LogP contribution in [0.1, 0.15) is 53.0 Å². The second kappa shape index (κ2) is 15.6. The summed E-state index contributed by atoms with van der Waals surface area (Å²) >= 11 is 0. The minimum atomic E-state index is -2.72. The highest BCUT2D eigenvalue weighted by Gasteiger charge is 2.51. The molecule has 1 heterocycles. The van der Waals surface area contributed by atoms with E-state index < -0.39 is 20.2 Å². The lowest BCUT2D eigenvalue weighted by atomic mass is 9.91. The SMILES string of the molecule is COc1ccc(COC[C@H](O)[C@@H](C)C#CC2(OC)CC[C@H](C)[C@H](CO[Si](c3ccccc3)(c3ccccc3)C(C)(C)C)O2)cc1. The molecule has 0 saturated carbocycles. The van der Waals surface area contributed by atoms with Gasteiger partial charge in [-0.3, -0.25) is 0 Å². The van der Waals surface area contributed by atoms with Crippen LogP contribution in [-0.4, -0.2) is 58.9 Å². The topological polar surface area (TPSA) is 66.4 Å². The zero-order valence-electron chi connectivity index (χ0n) is 27.9. The summed E-state index contributed by atoms with van der Waals surface area (Å²) in [5, 5.41) is 13.1. The van der Waals surface area contributed by atoms with E-state index in [9.17, 15) is 5.11 Å². The van der Waals surface area contributed by atoms with Gasteiger partial charge in [-0.25, -0.2) is 0 Å². The number of aliphatic hydroxyl groups excluding tert-OH is 1. The van der Waals surface area contributed by atoms with Crippen LogP contribution in [0.5, 0.6) is 5.75 Å². The highest BCUT2D eigenvalue weighted by atomic mass is 28.4. The first kappa shape index (κ1) is 34.9. The van der Waals surface area contributed by atoms with Gasteiger partial charge < -0.3 is 28.5 Å². The Morgan fingerprint density at radius 2 is 1.56 bits per heavy atom. The fourth-order valence-electron chi connectivity index (χ4n) is 5.97. The Morgan fingerprint density at radius 3 is 2.09 bits per heavy atom.